The second kappa shape index (κ2) is 6.23. The highest BCUT2D eigenvalue weighted by Gasteiger charge is 2.32. The van der Waals surface area contributed by atoms with Gasteiger partial charge in [0.25, 0.3) is 0 Å². The van der Waals surface area contributed by atoms with Crippen LogP contribution in [0.25, 0.3) is 0 Å². The van der Waals surface area contributed by atoms with Crippen molar-refractivity contribution in [2.75, 3.05) is 13.1 Å². The number of hydrogen-bond donors (Lipinski definition) is 0. The van der Waals surface area contributed by atoms with Gasteiger partial charge in [0, 0.05) is 19.2 Å². The Morgan fingerprint density at radius 1 is 1.05 bits per heavy atom. The van der Waals surface area contributed by atoms with Crippen LogP contribution < -0.4 is 4.74 Å². The molecule has 0 aromatic heterocycles. The van der Waals surface area contributed by atoms with Crippen LogP contribution in [0.1, 0.15) is 25.7 Å². The third-order valence-corrected chi connectivity index (χ3v) is 5.14. The number of benzene rings is 1. The highest BCUT2D eigenvalue weighted by Crippen LogP contribution is 2.27. The number of hydrogen-bond acceptors (Lipinski definition) is 3. The smallest absolute Gasteiger partial charge is 0.406 e. The molecule has 118 valence electrons. The first-order chi connectivity index (χ1) is 9.79. The van der Waals surface area contributed by atoms with E-state index < -0.39 is 22.1 Å². The molecule has 1 aromatic rings. The summed E-state index contributed by atoms with van der Waals surface area (Å²) in [6.07, 6.45) is -1.40. The molecule has 1 fully saturated rings. The minimum Gasteiger partial charge on any atom is -0.406 e. The standard InChI is InChI=1S/C13H16F3NO3S/c14-13(15,16)20-11-6-5-7-12(10-11)21(18,19)17-8-3-1-2-4-9-17/h5-7,10H,1-4,8-9H2. The minimum atomic E-state index is -4.84. The number of rotatable bonds is 3. The van der Waals surface area contributed by atoms with Gasteiger partial charge in [-0.2, -0.15) is 4.31 Å². The monoisotopic (exact) mass is 323 g/mol. The summed E-state index contributed by atoms with van der Waals surface area (Å²) in [6.45, 7) is 0.791. The molecular weight excluding hydrogens is 307 g/mol. The lowest BCUT2D eigenvalue weighted by atomic mass is 10.2. The summed E-state index contributed by atoms with van der Waals surface area (Å²) in [7, 11) is -3.78. The van der Waals surface area contributed by atoms with Crippen molar-refractivity contribution in [1.29, 1.82) is 0 Å². The summed E-state index contributed by atoms with van der Waals surface area (Å²) in [6, 6.07) is 4.51. The van der Waals surface area contributed by atoms with E-state index in [1.807, 2.05) is 0 Å². The van der Waals surface area contributed by atoms with Gasteiger partial charge in [-0.1, -0.05) is 18.9 Å². The zero-order valence-electron chi connectivity index (χ0n) is 11.3. The molecule has 1 aromatic carbocycles. The first-order valence-electron chi connectivity index (χ1n) is 6.65. The lowest BCUT2D eigenvalue weighted by Crippen LogP contribution is -2.32. The molecule has 0 radical (unpaired) electrons. The second-order valence-corrected chi connectivity index (χ2v) is 6.78. The summed E-state index contributed by atoms with van der Waals surface area (Å²) in [5.74, 6) is -0.529. The van der Waals surface area contributed by atoms with E-state index in [0.29, 0.717) is 13.1 Å². The Bertz CT molecular complexity index is 579. The fourth-order valence-corrected chi connectivity index (χ4v) is 3.82. The molecule has 0 saturated carbocycles. The number of sulfonamides is 1. The first-order valence-corrected chi connectivity index (χ1v) is 8.09. The van der Waals surface area contributed by atoms with Gasteiger partial charge in [0.2, 0.25) is 10.0 Å². The predicted molar refractivity (Wildman–Crippen MR) is 70.4 cm³/mol. The van der Waals surface area contributed by atoms with Gasteiger partial charge in [-0.25, -0.2) is 8.42 Å². The van der Waals surface area contributed by atoms with E-state index >= 15 is 0 Å². The fraction of sp³-hybridized carbons (Fsp3) is 0.538. The van der Waals surface area contributed by atoms with Crippen LogP contribution in [0.4, 0.5) is 13.2 Å². The van der Waals surface area contributed by atoms with E-state index in [4.69, 9.17) is 0 Å². The Morgan fingerprint density at radius 2 is 1.67 bits per heavy atom. The van der Waals surface area contributed by atoms with Crippen molar-refractivity contribution >= 4 is 10.0 Å². The van der Waals surface area contributed by atoms with Crippen LogP contribution in [0.3, 0.4) is 0 Å². The highest BCUT2D eigenvalue weighted by molar-refractivity contribution is 7.89. The van der Waals surface area contributed by atoms with Gasteiger partial charge in [-0.05, 0) is 25.0 Å². The van der Waals surface area contributed by atoms with E-state index in [1.165, 1.54) is 16.4 Å². The Morgan fingerprint density at radius 3 is 2.24 bits per heavy atom. The highest BCUT2D eigenvalue weighted by atomic mass is 32.2. The van der Waals surface area contributed by atoms with Crippen molar-refractivity contribution < 1.29 is 26.3 Å². The van der Waals surface area contributed by atoms with Crippen LogP contribution in [0.2, 0.25) is 0 Å². The molecule has 8 heteroatoms. The van der Waals surface area contributed by atoms with Gasteiger partial charge >= 0.3 is 6.36 Å². The maximum atomic E-state index is 12.4. The molecule has 0 amide bonds. The summed E-state index contributed by atoms with van der Waals surface area (Å²) in [5.41, 5.74) is 0. The molecule has 1 aliphatic rings. The normalized spacial score (nSPS) is 18.2. The van der Waals surface area contributed by atoms with Crippen molar-refractivity contribution in [3.8, 4) is 5.75 Å². The Balaban J connectivity index is 2.25. The van der Waals surface area contributed by atoms with Crippen molar-refractivity contribution in [1.82, 2.24) is 4.31 Å². The lowest BCUT2D eigenvalue weighted by molar-refractivity contribution is -0.274. The molecule has 0 atom stereocenters. The fourth-order valence-electron chi connectivity index (χ4n) is 2.26. The molecule has 1 aliphatic heterocycles. The third kappa shape index (κ3) is 4.34. The number of alkyl halides is 3. The summed E-state index contributed by atoms with van der Waals surface area (Å²) in [4.78, 5) is -0.175. The molecule has 0 bridgehead atoms. The van der Waals surface area contributed by atoms with Gasteiger partial charge < -0.3 is 4.74 Å². The van der Waals surface area contributed by atoms with Gasteiger partial charge in [0.05, 0.1) is 4.90 Å². The SMILES string of the molecule is O=S(=O)(c1cccc(OC(F)(F)F)c1)N1CCCCCC1. The minimum absolute atomic E-state index is 0.175. The van der Waals surface area contributed by atoms with Crippen LogP contribution in [0.5, 0.6) is 5.75 Å². The summed E-state index contributed by atoms with van der Waals surface area (Å²) in [5, 5.41) is 0. The average molecular weight is 323 g/mol. The molecule has 1 heterocycles. The van der Waals surface area contributed by atoms with E-state index in [2.05, 4.69) is 4.74 Å². The molecule has 0 unspecified atom stereocenters. The van der Waals surface area contributed by atoms with Crippen LogP contribution in [0, 0.1) is 0 Å². The van der Waals surface area contributed by atoms with E-state index in [9.17, 15) is 21.6 Å². The number of nitrogens with zero attached hydrogens (tertiary/aromatic N) is 1. The molecular formula is C13H16F3NO3S. The maximum Gasteiger partial charge on any atom is 0.573 e. The van der Waals surface area contributed by atoms with Crippen molar-refractivity contribution in [2.24, 2.45) is 0 Å². The zero-order valence-corrected chi connectivity index (χ0v) is 12.1. The Hall–Kier alpha value is -1.28. The van der Waals surface area contributed by atoms with Gasteiger partial charge in [0.15, 0.2) is 0 Å². The van der Waals surface area contributed by atoms with Gasteiger partial charge in [0.1, 0.15) is 5.75 Å². The van der Waals surface area contributed by atoms with Crippen LogP contribution in [0.15, 0.2) is 29.2 Å². The van der Waals surface area contributed by atoms with E-state index in [-0.39, 0.29) is 4.90 Å². The Kier molecular flexibility index (Phi) is 4.77. The second-order valence-electron chi connectivity index (χ2n) is 4.84. The van der Waals surface area contributed by atoms with Gasteiger partial charge in [-0.3, -0.25) is 0 Å². The largest absolute Gasteiger partial charge is 0.573 e. The van der Waals surface area contributed by atoms with Gasteiger partial charge in [-0.15, -0.1) is 13.2 Å². The van der Waals surface area contributed by atoms with Crippen molar-refractivity contribution in [3.63, 3.8) is 0 Å². The van der Waals surface area contributed by atoms with Crippen LogP contribution in [-0.2, 0) is 10.0 Å². The molecule has 0 spiro atoms. The van der Waals surface area contributed by atoms with Crippen LogP contribution in [-0.4, -0.2) is 32.2 Å². The molecule has 2 rings (SSSR count). The number of ether oxygens (including phenoxy) is 1. The van der Waals surface area contributed by atoms with E-state index in [0.717, 1.165) is 37.8 Å². The summed E-state index contributed by atoms with van der Waals surface area (Å²) < 4.78 is 66.6. The maximum absolute atomic E-state index is 12.4. The molecule has 0 aliphatic carbocycles. The van der Waals surface area contributed by atoms with Crippen molar-refractivity contribution in [2.45, 2.75) is 36.9 Å². The molecule has 1 saturated heterocycles. The average Bonchev–Trinajstić information content (AvgIpc) is 2.66. The summed E-state index contributed by atoms with van der Waals surface area (Å²) >= 11 is 0. The number of halogens is 3. The van der Waals surface area contributed by atoms with Crippen LogP contribution >= 0.6 is 0 Å². The topological polar surface area (TPSA) is 46.6 Å². The van der Waals surface area contributed by atoms with Crippen molar-refractivity contribution in [3.05, 3.63) is 24.3 Å². The molecule has 4 nitrogen and oxygen atoms in total. The molecule has 0 N–H and O–H groups in total. The molecule has 21 heavy (non-hydrogen) atoms. The lowest BCUT2D eigenvalue weighted by Gasteiger charge is -2.20. The third-order valence-electron chi connectivity index (χ3n) is 3.24. The first kappa shape index (κ1) is 16.1. The Labute approximate surface area is 121 Å². The van der Waals surface area contributed by atoms with E-state index in [1.54, 1.807) is 0 Å². The zero-order chi connectivity index (χ0) is 15.5. The quantitative estimate of drug-likeness (QED) is 0.858. The predicted octanol–water partition coefficient (Wildman–Crippen LogP) is 3.15.